The fraction of sp³-hybridized carbons (Fsp3) is 0.182. The summed E-state index contributed by atoms with van der Waals surface area (Å²) in [5.74, 6) is -0.174. The number of amides is 1. The Kier molecular flexibility index (Phi) is 3.71. The maximum absolute atomic E-state index is 11.8. The molecule has 1 heterocycles. The Morgan fingerprint density at radius 1 is 1.53 bits per heavy atom. The van der Waals surface area contributed by atoms with Gasteiger partial charge in [0.2, 0.25) is 0 Å². The van der Waals surface area contributed by atoms with Gasteiger partial charge in [-0.25, -0.2) is 0 Å². The van der Waals surface area contributed by atoms with Crippen molar-refractivity contribution in [2.45, 2.75) is 13.0 Å². The highest BCUT2D eigenvalue weighted by Gasteiger charge is 2.13. The number of nitrogens with zero attached hydrogens (tertiary/aromatic N) is 2. The molecule has 1 N–H and O–H groups in total. The van der Waals surface area contributed by atoms with Gasteiger partial charge < -0.3 is 5.32 Å². The van der Waals surface area contributed by atoms with Crippen LogP contribution < -0.4 is 5.32 Å². The zero-order valence-corrected chi connectivity index (χ0v) is 10.6. The summed E-state index contributed by atoms with van der Waals surface area (Å²) >= 11 is 6.97. The predicted octanol–water partition coefficient (Wildman–Crippen LogP) is 2.68. The van der Waals surface area contributed by atoms with Gasteiger partial charge in [-0.05, 0) is 36.2 Å². The van der Waals surface area contributed by atoms with E-state index < -0.39 is 0 Å². The highest BCUT2D eigenvalue weighted by Crippen LogP contribution is 2.18. The third kappa shape index (κ3) is 3.01. The number of benzene rings is 1. The summed E-state index contributed by atoms with van der Waals surface area (Å²) in [5.41, 5.74) is 0.961. The van der Waals surface area contributed by atoms with Crippen LogP contribution in [0.15, 0.2) is 30.5 Å². The van der Waals surface area contributed by atoms with Crippen molar-refractivity contribution >= 4 is 29.0 Å². The lowest BCUT2D eigenvalue weighted by atomic mass is 10.1. The van der Waals surface area contributed by atoms with Gasteiger partial charge in [0.25, 0.3) is 5.91 Å². The summed E-state index contributed by atoms with van der Waals surface area (Å²) in [6.07, 6.45) is 1.45. The lowest BCUT2D eigenvalue weighted by Gasteiger charge is -2.13. The predicted molar refractivity (Wildman–Crippen MR) is 67.2 cm³/mol. The Hall–Kier alpha value is -1.46. The highest BCUT2D eigenvalue weighted by molar-refractivity contribution is 7.07. The smallest absolute Gasteiger partial charge is 0.265 e. The van der Waals surface area contributed by atoms with Crippen LogP contribution in [0.2, 0.25) is 5.02 Å². The zero-order chi connectivity index (χ0) is 12.3. The second-order valence-corrected chi connectivity index (χ2v) is 4.75. The van der Waals surface area contributed by atoms with Gasteiger partial charge in [0.15, 0.2) is 0 Å². The van der Waals surface area contributed by atoms with Gasteiger partial charge in [-0.1, -0.05) is 28.2 Å². The molecule has 2 aromatic rings. The third-order valence-corrected chi connectivity index (χ3v) is 3.18. The Morgan fingerprint density at radius 2 is 2.35 bits per heavy atom. The number of halogens is 1. The molecule has 0 radical (unpaired) electrons. The molecule has 0 saturated heterocycles. The lowest BCUT2D eigenvalue weighted by molar-refractivity contribution is 0.0944. The Morgan fingerprint density at radius 3 is 3.00 bits per heavy atom. The summed E-state index contributed by atoms with van der Waals surface area (Å²) in [4.78, 5) is 12.3. The Bertz CT molecular complexity index is 515. The number of carbonyl (C=O) groups is 1. The molecule has 0 unspecified atom stereocenters. The molecule has 0 fully saturated rings. The molecule has 0 aliphatic rings. The van der Waals surface area contributed by atoms with Crippen LogP contribution in [0.4, 0.5) is 0 Å². The van der Waals surface area contributed by atoms with E-state index in [0.717, 1.165) is 17.1 Å². The molecule has 1 aromatic carbocycles. The molecule has 0 aliphatic carbocycles. The summed E-state index contributed by atoms with van der Waals surface area (Å²) in [7, 11) is 0. The SMILES string of the molecule is C[C@H](NC(=O)c1cnns1)c1cccc(Cl)c1. The fourth-order valence-electron chi connectivity index (χ4n) is 1.39. The van der Waals surface area contributed by atoms with Crippen molar-refractivity contribution in [1.82, 2.24) is 14.9 Å². The van der Waals surface area contributed by atoms with Crippen molar-refractivity contribution in [2.24, 2.45) is 0 Å². The molecule has 0 spiro atoms. The quantitative estimate of drug-likeness (QED) is 0.930. The molecule has 4 nitrogen and oxygen atoms in total. The molecule has 0 aliphatic heterocycles. The van der Waals surface area contributed by atoms with Crippen LogP contribution in [0.25, 0.3) is 0 Å². The van der Waals surface area contributed by atoms with E-state index in [2.05, 4.69) is 14.9 Å². The van der Waals surface area contributed by atoms with E-state index in [0.29, 0.717) is 9.90 Å². The van der Waals surface area contributed by atoms with Crippen LogP contribution in [0.1, 0.15) is 28.2 Å². The number of nitrogens with one attached hydrogen (secondary N) is 1. The Labute approximate surface area is 108 Å². The van der Waals surface area contributed by atoms with Crippen LogP contribution in [0.3, 0.4) is 0 Å². The third-order valence-electron chi connectivity index (χ3n) is 2.28. The fourth-order valence-corrected chi connectivity index (χ4v) is 2.01. The van der Waals surface area contributed by atoms with E-state index in [1.165, 1.54) is 6.20 Å². The first-order chi connectivity index (χ1) is 8.16. The zero-order valence-electron chi connectivity index (χ0n) is 9.05. The summed E-state index contributed by atoms with van der Waals surface area (Å²) < 4.78 is 3.65. The van der Waals surface area contributed by atoms with Crippen molar-refractivity contribution in [3.63, 3.8) is 0 Å². The van der Waals surface area contributed by atoms with Crippen molar-refractivity contribution in [3.05, 3.63) is 45.9 Å². The highest BCUT2D eigenvalue weighted by atomic mass is 35.5. The maximum atomic E-state index is 11.8. The monoisotopic (exact) mass is 267 g/mol. The van der Waals surface area contributed by atoms with E-state index in [-0.39, 0.29) is 11.9 Å². The molecule has 2 rings (SSSR count). The van der Waals surface area contributed by atoms with Gasteiger partial charge >= 0.3 is 0 Å². The van der Waals surface area contributed by atoms with Gasteiger partial charge in [-0.2, -0.15) is 0 Å². The first-order valence-electron chi connectivity index (χ1n) is 5.00. The molecule has 1 aromatic heterocycles. The van der Waals surface area contributed by atoms with Crippen LogP contribution in [0.5, 0.6) is 0 Å². The summed E-state index contributed by atoms with van der Waals surface area (Å²) in [6.45, 7) is 1.90. The molecular formula is C11H10ClN3OS. The number of hydrogen-bond donors (Lipinski definition) is 1. The van der Waals surface area contributed by atoms with E-state index in [9.17, 15) is 4.79 Å². The van der Waals surface area contributed by atoms with Gasteiger partial charge in [0.05, 0.1) is 12.2 Å². The second-order valence-electron chi connectivity index (χ2n) is 3.53. The normalized spacial score (nSPS) is 12.1. The van der Waals surface area contributed by atoms with E-state index in [1.54, 1.807) is 6.07 Å². The van der Waals surface area contributed by atoms with Gasteiger partial charge in [0.1, 0.15) is 4.88 Å². The minimum atomic E-state index is -0.174. The van der Waals surface area contributed by atoms with Crippen LogP contribution >= 0.6 is 23.1 Å². The van der Waals surface area contributed by atoms with Crippen molar-refractivity contribution in [2.75, 3.05) is 0 Å². The molecule has 1 atom stereocenters. The van der Waals surface area contributed by atoms with E-state index in [1.807, 2.05) is 25.1 Å². The second kappa shape index (κ2) is 5.25. The average molecular weight is 268 g/mol. The number of rotatable bonds is 3. The van der Waals surface area contributed by atoms with E-state index in [4.69, 9.17) is 11.6 Å². The number of carbonyl (C=O) groups excluding carboxylic acids is 1. The van der Waals surface area contributed by atoms with Crippen molar-refractivity contribution in [3.8, 4) is 0 Å². The van der Waals surface area contributed by atoms with Crippen molar-refractivity contribution < 1.29 is 4.79 Å². The minimum Gasteiger partial charge on any atom is -0.345 e. The van der Waals surface area contributed by atoms with Crippen LogP contribution in [-0.4, -0.2) is 15.5 Å². The number of aromatic nitrogens is 2. The summed E-state index contributed by atoms with van der Waals surface area (Å²) in [6, 6.07) is 7.30. The largest absolute Gasteiger partial charge is 0.345 e. The van der Waals surface area contributed by atoms with E-state index >= 15 is 0 Å². The molecule has 0 saturated carbocycles. The molecular weight excluding hydrogens is 258 g/mol. The first-order valence-corrected chi connectivity index (χ1v) is 6.15. The molecule has 1 amide bonds. The lowest BCUT2D eigenvalue weighted by Crippen LogP contribution is -2.25. The standard InChI is InChI=1S/C11H10ClN3OS/c1-7(8-3-2-4-9(12)5-8)14-11(16)10-6-13-15-17-10/h2-7H,1H3,(H,14,16)/t7-/m0/s1. The van der Waals surface area contributed by atoms with Crippen LogP contribution in [0, 0.1) is 0 Å². The molecule has 88 valence electrons. The first kappa shape index (κ1) is 12.0. The van der Waals surface area contributed by atoms with Crippen LogP contribution in [-0.2, 0) is 0 Å². The topological polar surface area (TPSA) is 54.9 Å². The van der Waals surface area contributed by atoms with Crippen molar-refractivity contribution in [1.29, 1.82) is 0 Å². The van der Waals surface area contributed by atoms with Gasteiger partial charge in [-0.3, -0.25) is 4.79 Å². The maximum Gasteiger partial charge on any atom is 0.265 e. The summed E-state index contributed by atoms with van der Waals surface area (Å²) in [5, 5.41) is 7.14. The molecule has 17 heavy (non-hydrogen) atoms. The van der Waals surface area contributed by atoms with Gasteiger partial charge in [0, 0.05) is 5.02 Å². The minimum absolute atomic E-state index is 0.108. The number of hydrogen-bond acceptors (Lipinski definition) is 4. The average Bonchev–Trinajstić information content (AvgIpc) is 2.82. The Balaban J connectivity index is 2.07. The molecule has 0 bridgehead atoms. The van der Waals surface area contributed by atoms with Gasteiger partial charge in [-0.15, -0.1) is 5.10 Å². The molecule has 6 heteroatoms.